The molecule has 0 amide bonds. The van der Waals surface area contributed by atoms with Gasteiger partial charge in [0.25, 0.3) is 6.43 Å². The van der Waals surface area contributed by atoms with Gasteiger partial charge in [-0.15, -0.1) is 0 Å². The molecular weight excluding hydrogens is 238 g/mol. The van der Waals surface area contributed by atoms with Crippen molar-refractivity contribution >= 4 is 15.7 Å². The second-order valence-corrected chi connectivity index (χ2v) is 5.29. The number of nitrogens with two attached hydrogens (primary N) is 1. The number of benzene rings is 1. The molecule has 1 rings (SSSR count). The fourth-order valence-electron chi connectivity index (χ4n) is 1.11. The van der Waals surface area contributed by atoms with Gasteiger partial charge in [-0.1, -0.05) is 0 Å². The highest BCUT2D eigenvalue weighted by Gasteiger charge is 2.23. The fraction of sp³-hybridized carbons (Fsp3) is 0.333. The minimum atomic E-state index is -3.85. The smallest absolute Gasteiger partial charge is 0.252 e. The van der Waals surface area contributed by atoms with E-state index in [2.05, 4.69) is 0 Å². The second kappa shape index (κ2) is 4.75. The van der Waals surface area contributed by atoms with Crippen molar-refractivity contribution in [2.45, 2.75) is 11.3 Å². The molecule has 0 aliphatic carbocycles. The van der Waals surface area contributed by atoms with Crippen LogP contribution in [0.2, 0.25) is 0 Å². The molecule has 0 bridgehead atoms. The van der Waals surface area contributed by atoms with Crippen molar-refractivity contribution in [2.75, 3.05) is 19.3 Å². The van der Waals surface area contributed by atoms with Crippen LogP contribution in [-0.2, 0) is 10.0 Å². The standard InChI is InChI=1S/C9H12F2N2O2S/c1-13(6-9(10)11)16(14,15)8-4-2-7(12)3-5-8/h2-5,9H,6,12H2,1H3. The zero-order chi connectivity index (χ0) is 12.3. The Bertz CT molecular complexity index is 445. The van der Waals surface area contributed by atoms with Gasteiger partial charge in [0.2, 0.25) is 10.0 Å². The topological polar surface area (TPSA) is 63.4 Å². The Hall–Kier alpha value is -1.21. The van der Waals surface area contributed by atoms with E-state index in [9.17, 15) is 17.2 Å². The van der Waals surface area contributed by atoms with E-state index >= 15 is 0 Å². The number of hydrogen-bond acceptors (Lipinski definition) is 3. The third-order valence-electron chi connectivity index (χ3n) is 1.98. The average molecular weight is 250 g/mol. The molecule has 2 N–H and O–H groups in total. The third-order valence-corrected chi connectivity index (χ3v) is 3.82. The van der Waals surface area contributed by atoms with Crippen LogP contribution in [0.25, 0.3) is 0 Å². The van der Waals surface area contributed by atoms with Gasteiger partial charge in [-0.2, -0.15) is 4.31 Å². The van der Waals surface area contributed by atoms with Gasteiger partial charge in [0.15, 0.2) is 0 Å². The molecule has 7 heteroatoms. The van der Waals surface area contributed by atoms with Crippen molar-refractivity contribution in [3.63, 3.8) is 0 Å². The fourth-order valence-corrected chi connectivity index (χ4v) is 2.26. The summed E-state index contributed by atoms with van der Waals surface area (Å²) in [5.41, 5.74) is 5.81. The average Bonchev–Trinajstić information content (AvgIpc) is 2.17. The van der Waals surface area contributed by atoms with E-state index in [1.165, 1.54) is 24.3 Å². The number of nitrogen functional groups attached to an aromatic ring is 1. The molecule has 4 nitrogen and oxygen atoms in total. The van der Waals surface area contributed by atoms with Gasteiger partial charge in [-0.25, -0.2) is 17.2 Å². The number of alkyl halides is 2. The molecule has 1 aromatic rings. The molecule has 0 aliphatic rings. The highest BCUT2D eigenvalue weighted by molar-refractivity contribution is 7.89. The van der Waals surface area contributed by atoms with E-state index in [-0.39, 0.29) is 4.90 Å². The lowest BCUT2D eigenvalue weighted by Crippen LogP contribution is -2.31. The van der Waals surface area contributed by atoms with Crippen LogP contribution in [0.5, 0.6) is 0 Å². The molecule has 0 heterocycles. The van der Waals surface area contributed by atoms with Gasteiger partial charge in [-0.05, 0) is 24.3 Å². The molecule has 1 aromatic carbocycles. The minimum absolute atomic E-state index is 0.0511. The van der Waals surface area contributed by atoms with Crippen LogP contribution in [0.3, 0.4) is 0 Å². The largest absolute Gasteiger partial charge is 0.399 e. The summed E-state index contributed by atoms with van der Waals surface area (Å²) in [6.45, 7) is -0.827. The quantitative estimate of drug-likeness (QED) is 0.815. The van der Waals surface area contributed by atoms with Crippen LogP contribution in [-0.4, -0.2) is 32.7 Å². The van der Waals surface area contributed by atoms with Crippen LogP contribution >= 0.6 is 0 Å². The number of anilines is 1. The van der Waals surface area contributed by atoms with Gasteiger partial charge in [-0.3, -0.25) is 0 Å². The van der Waals surface area contributed by atoms with Gasteiger partial charge < -0.3 is 5.73 Å². The molecule has 0 atom stereocenters. The maximum Gasteiger partial charge on any atom is 0.252 e. The number of halogens is 2. The van der Waals surface area contributed by atoms with Gasteiger partial charge in [0, 0.05) is 12.7 Å². The Kier molecular flexibility index (Phi) is 3.82. The summed E-state index contributed by atoms with van der Waals surface area (Å²) in [4.78, 5) is -0.0511. The second-order valence-electron chi connectivity index (χ2n) is 3.25. The van der Waals surface area contributed by atoms with Gasteiger partial charge >= 0.3 is 0 Å². The Morgan fingerprint density at radius 3 is 2.25 bits per heavy atom. The maximum atomic E-state index is 12.1. The first kappa shape index (κ1) is 12.9. The molecule has 0 unspecified atom stereocenters. The van der Waals surface area contributed by atoms with E-state index in [1.807, 2.05) is 0 Å². The van der Waals surface area contributed by atoms with Crippen LogP contribution in [0, 0.1) is 0 Å². The van der Waals surface area contributed by atoms with Crippen LogP contribution < -0.4 is 5.73 Å². The maximum absolute atomic E-state index is 12.1. The van der Waals surface area contributed by atoms with Crippen LogP contribution in [0.4, 0.5) is 14.5 Å². The van der Waals surface area contributed by atoms with Crippen molar-refractivity contribution in [3.05, 3.63) is 24.3 Å². The molecule has 0 aliphatic heterocycles. The molecule has 0 saturated carbocycles. The minimum Gasteiger partial charge on any atom is -0.399 e. The van der Waals surface area contributed by atoms with Crippen molar-refractivity contribution < 1.29 is 17.2 Å². The molecule has 0 radical (unpaired) electrons. The van der Waals surface area contributed by atoms with Crippen LogP contribution in [0.1, 0.15) is 0 Å². The zero-order valence-electron chi connectivity index (χ0n) is 8.60. The summed E-state index contributed by atoms with van der Waals surface area (Å²) in [6, 6.07) is 5.38. The number of nitrogens with zero attached hydrogens (tertiary/aromatic N) is 1. The summed E-state index contributed by atoms with van der Waals surface area (Å²) < 4.78 is 48.2. The highest BCUT2D eigenvalue weighted by Crippen LogP contribution is 2.16. The van der Waals surface area contributed by atoms with Crippen LogP contribution in [0.15, 0.2) is 29.2 Å². The molecule has 0 spiro atoms. The number of rotatable bonds is 4. The lowest BCUT2D eigenvalue weighted by atomic mass is 10.3. The van der Waals surface area contributed by atoms with E-state index in [1.54, 1.807) is 0 Å². The summed E-state index contributed by atoms with van der Waals surface area (Å²) in [7, 11) is -2.74. The Labute approximate surface area is 92.7 Å². The van der Waals surface area contributed by atoms with Crippen molar-refractivity contribution in [3.8, 4) is 0 Å². The van der Waals surface area contributed by atoms with Gasteiger partial charge in [0.1, 0.15) is 0 Å². The first-order valence-corrected chi connectivity index (χ1v) is 5.88. The van der Waals surface area contributed by atoms with Crippen molar-refractivity contribution in [2.24, 2.45) is 0 Å². The Morgan fingerprint density at radius 1 is 1.31 bits per heavy atom. The predicted molar refractivity (Wildman–Crippen MR) is 56.7 cm³/mol. The lowest BCUT2D eigenvalue weighted by Gasteiger charge is -2.16. The molecule has 16 heavy (non-hydrogen) atoms. The molecular formula is C9H12F2N2O2S. The highest BCUT2D eigenvalue weighted by atomic mass is 32.2. The molecule has 0 aromatic heterocycles. The normalized spacial score (nSPS) is 12.3. The zero-order valence-corrected chi connectivity index (χ0v) is 9.42. The molecule has 0 fully saturated rings. The summed E-state index contributed by atoms with van der Waals surface area (Å²) in [6.07, 6.45) is -2.70. The van der Waals surface area contributed by atoms with E-state index in [4.69, 9.17) is 5.73 Å². The Balaban J connectivity index is 2.97. The number of sulfonamides is 1. The number of hydrogen-bond donors (Lipinski definition) is 1. The van der Waals surface area contributed by atoms with Crippen molar-refractivity contribution in [1.82, 2.24) is 4.31 Å². The Morgan fingerprint density at radius 2 is 1.81 bits per heavy atom. The predicted octanol–water partition coefficient (Wildman–Crippen LogP) is 1.15. The van der Waals surface area contributed by atoms with E-state index in [0.29, 0.717) is 9.99 Å². The summed E-state index contributed by atoms with van der Waals surface area (Å²) in [5.74, 6) is 0. The molecule has 90 valence electrons. The van der Waals surface area contributed by atoms with E-state index in [0.717, 1.165) is 7.05 Å². The first-order valence-electron chi connectivity index (χ1n) is 4.44. The monoisotopic (exact) mass is 250 g/mol. The molecule has 0 saturated heterocycles. The first-order chi connectivity index (χ1) is 7.34. The third kappa shape index (κ3) is 2.89. The summed E-state index contributed by atoms with van der Waals surface area (Å²) in [5, 5.41) is 0. The summed E-state index contributed by atoms with van der Waals surface area (Å²) >= 11 is 0. The van der Waals surface area contributed by atoms with Gasteiger partial charge in [0.05, 0.1) is 11.4 Å². The lowest BCUT2D eigenvalue weighted by molar-refractivity contribution is 0.126. The van der Waals surface area contributed by atoms with E-state index < -0.39 is 23.0 Å². The SMILES string of the molecule is CN(CC(F)F)S(=O)(=O)c1ccc(N)cc1. The van der Waals surface area contributed by atoms with Crippen molar-refractivity contribution in [1.29, 1.82) is 0 Å².